The van der Waals surface area contributed by atoms with Crippen molar-refractivity contribution in [2.24, 2.45) is 0 Å². The maximum atomic E-state index is 12.1. The Balaban J connectivity index is 1.55. The number of benzene rings is 2. The highest BCUT2D eigenvalue weighted by atomic mass is 16.5. The van der Waals surface area contributed by atoms with Crippen molar-refractivity contribution in [2.75, 3.05) is 6.61 Å². The van der Waals surface area contributed by atoms with Gasteiger partial charge in [0.1, 0.15) is 5.75 Å². The van der Waals surface area contributed by atoms with E-state index in [9.17, 15) is 4.79 Å². The van der Waals surface area contributed by atoms with Crippen LogP contribution >= 0.6 is 0 Å². The van der Waals surface area contributed by atoms with Crippen LogP contribution in [0.5, 0.6) is 5.75 Å². The standard InChI is InChI=1S/C20H21N3O2/c1-15-5-3-4-6-19(15)25-13-20(24)22-16(2)17-7-9-18(10-8-17)23-12-11-21-14-23/h3-12,14,16H,13H2,1-2H3,(H,22,24). The van der Waals surface area contributed by atoms with E-state index in [4.69, 9.17) is 4.74 Å². The number of aryl methyl sites for hydroxylation is 1. The molecule has 3 rings (SSSR count). The van der Waals surface area contributed by atoms with E-state index in [-0.39, 0.29) is 18.6 Å². The van der Waals surface area contributed by atoms with Crippen LogP contribution in [0.1, 0.15) is 24.1 Å². The fraction of sp³-hybridized carbons (Fsp3) is 0.200. The Morgan fingerprint density at radius 2 is 1.96 bits per heavy atom. The van der Waals surface area contributed by atoms with E-state index in [2.05, 4.69) is 10.3 Å². The Kier molecular flexibility index (Phi) is 5.14. The van der Waals surface area contributed by atoms with Gasteiger partial charge in [-0.25, -0.2) is 4.98 Å². The zero-order valence-corrected chi connectivity index (χ0v) is 14.3. The average Bonchev–Trinajstić information content (AvgIpc) is 3.16. The average molecular weight is 335 g/mol. The van der Waals surface area contributed by atoms with Crippen molar-refractivity contribution in [3.63, 3.8) is 0 Å². The van der Waals surface area contributed by atoms with Gasteiger partial charge in [-0.2, -0.15) is 0 Å². The number of amides is 1. The highest BCUT2D eigenvalue weighted by Gasteiger charge is 2.11. The zero-order valence-electron chi connectivity index (χ0n) is 14.3. The summed E-state index contributed by atoms with van der Waals surface area (Å²) in [5.74, 6) is 0.587. The summed E-state index contributed by atoms with van der Waals surface area (Å²) in [6.45, 7) is 3.91. The molecule has 1 unspecified atom stereocenters. The molecular weight excluding hydrogens is 314 g/mol. The van der Waals surface area contributed by atoms with Crippen LogP contribution in [0.4, 0.5) is 0 Å². The lowest BCUT2D eigenvalue weighted by Gasteiger charge is -2.16. The summed E-state index contributed by atoms with van der Waals surface area (Å²) in [6.07, 6.45) is 5.39. The molecule has 1 atom stereocenters. The first-order chi connectivity index (χ1) is 12.1. The van der Waals surface area contributed by atoms with Gasteiger partial charge in [0.25, 0.3) is 5.91 Å². The second kappa shape index (κ2) is 7.66. The predicted octanol–water partition coefficient (Wildman–Crippen LogP) is 3.44. The molecule has 0 fully saturated rings. The molecule has 3 aromatic rings. The van der Waals surface area contributed by atoms with E-state index < -0.39 is 0 Å². The topological polar surface area (TPSA) is 56.1 Å². The van der Waals surface area contributed by atoms with E-state index in [1.54, 1.807) is 12.5 Å². The summed E-state index contributed by atoms with van der Waals surface area (Å²) in [4.78, 5) is 16.2. The van der Waals surface area contributed by atoms with Gasteiger partial charge in [-0.05, 0) is 43.2 Å². The SMILES string of the molecule is Cc1ccccc1OCC(=O)NC(C)c1ccc(-n2ccnc2)cc1. The van der Waals surface area contributed by atoms with Gasteiger partial charge in [-0.3, -0.25) is 4.79 Å². The molecule has 0 saturated carbocycles. The molecule has 2 aromatic carbocycles. The van der Waals surface area contributed by atoms with Crippen LogP contribution in [0.2, 0.25) is 0 Å². The maximum Gasteiger partial charge on any atom is 0.258 e. The van der Waals surface area contributed by atoms with E-state index in [1.807, 2.05) is 73.1 Å². The third-order valence-corrected chi connectivity index (χ3v) is 4.03. The van der Waals surface area contributed by atoms with E-state index in [0.717, 1.165) is 22.6 Å². The van der Waals surface area contributed by atoms with Gasteiger partial charge < -0.3 is 14.6 Å². The first-order valence-electron chi connectivity index (χ1n) is 8.19. The number of para-hydroxylation sites is 1. The van der Waals surface area contributed by atoms with Crippen LogP contribution in [0, 0.1) is 6.92 Å². The first kappa shape index (κ1) is 16.8. The van der Waals surface area contributed by atoms with E-state index in [1.165, 1.54) is 0 Å². The minimum atomic E-state index is -0.144. The minimum Gasteiger partial charge on any atom is -0.484 e. The van der Waals surface area contributed by atoms with Crippen LogP contribution in [0.15, 0.2) is 67.3 Å². The molecule has 0 radical (unpaired) electrons. The second-order valence-electron chi connectivity index (χ2n) is 5.90. The summed E-state index contributed by atoms with van der Waals surface area (Å²) in [7, 11) is 0. The number of nitrogens with one attached hydrogen (secondary N) is 1. The summed E-state index contributed by atoms with van der Waals surface area (Å²) in [6, 6.07) is 15.6. The van der Waals surface area contributed by atoms with Gasteiger partial charge >= 0.3 is 0 Å². The number of imidazole rings is 1. The summed E-state index contributed by atoms with van der Waals surface area (Å²) < 4.78 is 7.51. The van der Waals surface area contributed by atoms with Crippen LogP contribution in [-0.4, -0.2) is 22.1 Å². The Morgan fingerprint density at radius 1 is 1.20 bits per heavy atom. The Morgan fingerprint density at radius 3 is 2.64 bits per heavy atom. The van der Waals surface area contributed by atoms with Gasteiger partial charge in [0, 0.05) is 18.1 Å². The Bertz CT molecular complexity index is 826. The molecule has 0 aliphatic carbocycles. The molecular formula is C20H21N3O2. The van der Waals surface area contributed by atoms with E-state index in [0.29, 0.717) is 0 Å². The van der Waals surface area contributed by atoms with Crippen molar-refractivity contribution in [3.05, 3.63) is 78.4 Å². The minimum absolute atomic E-state index is 0.00230. The monoisotopic (exact) mass is 335 g/mol. The van der Waals surface area contributed by atoms with Crippen molar-refractivity contribution in [3.8, 4) is 11.4 Å². The molecule has 25 heavy (non-hydrogen) atoms. The fourth-order valence-electron chi connectivity index (χ4n) is 2.58. The van der Waals surface area contributed by atoms with Gasteiger partial charge in [-0.15, -0.1) is 0 Å². The summed E-state index contributed by atoms with van der Waals surface area (Å²) in [5, 5.41) is 2.96. The van der Waals surface area contributed by atoms with Gasteiger partial charge in [-0.1, -0.05) is 30.3 Å². The lowest BCUT2D eigenvalue weighted by Crippen LogP contribution is -2.31. The number of ether oxygens (including phenoxy) is 1. The largest absolute Gasteiger partial charge is 0.484 e. The van der Waals surface area contributed by atoms with Gasteiger partial charge in [0.05, 0.1) is 12.4 Å². The Hall–Kier alpha value is -3.08. The number of nitrogens with zero attached hydrogens (tertiary/aromatic N) is 2. The number of hydrogen-bond donors (Lipinski definition) is 1. The number of carbonyl (C=O) groups is 1. The molecule has 0 aliphatic heterocycles. The third-order valence-electron chi connectivity index (χ3n) is 4.03. The molecule has 0 spiro atoms. The summed E-state index contributed by atoms with van der Waals surface area (Å²) in [5.41, 5.74) is 3.08. The summed E-state index contributed by atoms with van der Waals surface area (Å²) >= 11 is 0. The Labute approximate surface area is 147 Å². The maximum absolute atomic E-state index is 12.1. The van der Waals surface area contributed by atoms with Crippen LogP contribution in [-0.2, 0) is 4.79 Å². The van der Waals surface area contributed by atoms with Crippen molar-refractivity contribution in [1.29, 1.82) is 0 Å². The van der Waals surface area contributed by atoms with Gasteiger partial charge in [0.2, 0.25) is 0 Å². The fourth-order valence-corrected chi connectivity index (χ4v) is 2.58. The lowest BCUT2D eigenvalue weighted by atomic mass is 10.1. The molecule has 5 nitrogen and oxygen atoms in total. The van der Waals surface area contributed by atoms with Crippen molar-refractivity contribution >= 4 is 5.91 Å². The van der Waals surface area contributed by atoms with Crippen molar-refractivity contribution in [1.82, 2.24) is 14.9 Å². The lowest BCUT2D eigenvalue weighted by molar-refractivity contribution is -0.123. The van der Waals surface area contributed by atoms with Gasteiger partial charge in [0.15, 0.2) is 6.61 Å². The highest BCUT2D eigenvalue weighted by molar-refractivity contribution is 5.78. The molecule has 1 amide bonds. The van der Waals surface area contributed by atoms with Crippen LogP contribution in [0.3, 0.4) is 0 Å². The first-order valence-corrected chi connectivity index (χ1v) is 8.19. The number of rotatable bonds is 6. The number of hydrogen-bond acceptors (Lipinski definition) is 3. The van der Waals surface area contributed by atoms with Crippen molar-refractivity contribution < 1.29 is 9.53 Å². The predicted molar refractivity (Wildman–Crippen MR) is 96.8 cm³/mol. The molecule has 1 heterocycles. The molecule has 0 saturated heterocycles. The van der Waals surface area contributed by atoms with Crippen LogP contribution in [0.25, 0.3) is 5.69 Å². The van der Waals surface area contributed by atoms with Crippen molar-refractivity contribution in [2.45, 2.75) is 19.9 Å². The van der Waals surface area contributed by atoms with Crippen LogP contribution < -0.4 is 10.1 Å². The number of carbonyl (C=O) groups excluding carboxylic acids is 1. The molecule has 1 N–H and O–H groups in total. The highest BCUT2D eigenvalue weighted by Crippen LogP contribution is 2.17. The quantitative estimate of drug-likeness (QED) is 0.751. The molecule has 128 valence electrons. The molecule has 1 aromatic heterocycles. The third kappa shape index (κ3) is 4.26. The smallest absolute Gasteiger partial charge is 0.258 e. The molecule has 0 aliphatic rings. The molecule has 0 bridgehead atoms. The normalized spacial score (nSPS) is 11.8. The zero-order chi connectivity index (χ0) is 17.6. The molecule has 5 heteroatoms. The van der Waals surface area contributed by atoms with E-state index >= 15 is 0 Å². The number of aromatic nitrogens is 2. The second-order valence-corrected chi connectivity index (χ2v) is 5.90.